The zero-order chi connectivity index (χ0) is 6.91. The summed E-state index contributed by atoms with van der Waals surface area (Å²) >= 11 is 0. The highest BCUT2D eigenvalue weighted by molar-refractivity contribution is 4.86. The van der Waals surface area contributed by atoms with Crippen LogP contribution in [-0.2, 0) is 0 Å². The van der Waals surface area contributed by atoms with Crippen molar-refractivity contribution in [2.45, 2.75) is 44.4 Å². The van der Waals surface area contributed by atoms with Gasteiger partial charge in [0.1, 0.15) is 11.8 Å². The van der Waals surface area contributed by atoms with Crippen molar-refractivity contribution >= 4 is 0 Å². The zero-order valence-electron chi connectivity index (χ0n) is 5.66. The molecule has 9 heavy (non-hydrogen) atoms. The van der Waals surface area contributed by atoms with Crippen LogP contribution in [-0.4, -0.2) is 11.8 Å². The van der Waals surface area contributed by atoms with Gasteiger partial charge in [-0.3, -0.25) is 0 Å². The smallest absolute Gasteiger partial charge is 0.139 e. The van der Waals surface area contributed by atoms with Crippen LogP contribution in [0, 0.1) is 0 Å². The van der Waals surface area contributed by atoms with Gasteiger partial charge in [-0.15, -0.1) is 0 Å². The molecule has 0 spiro atoms. The minimum Gasteiger partial charge on any atom is -0.244 e. The van der Waals surface area contributed by atoms with E-state index < -0.39 is 11.8 Å². The maximum Gasteiger partial charge on any atom is 0.139 e. The van der Waals surface area contributed by atoms with Gasteiger partial charge in [0.2, 0.25) is 0 Å². The lowest BCUT2D eigenvalue weighted by Crippen LogP contribution is -2.34. The van der Waals surface area contributed by atoms with E-state index in [9.17, 15) is 8.78 Å². The van der Waals surface area contributed by atoms with Gasteiger partial charge < -0.3 is 0 Å². The van der Waals surface area contributed by atoms with Crippen molar-refractivity contribution in [3.05, 3.63) is 0 Å². The second kappa shape index (κ2) is 2.24. The van der Waals surface area contributed by atoms with E-state index >= 15 is 0 Å². The summed E-state index contributed by atoms with van der Waals surface area (Å²) in [6.07, 6.45) is 1.28. The van der Waals surface area contributed by atoms with Gasteiger partial charge in [-0.1, -0.05) is 12.8 Å². The summed E-state index contributed by atoms with van der Waals surface area (Å²) in [7, 11) is 0. The molecule has 0 bridgehead atoms. The van der Waals surface area contributed by atoms with E-state index in [1.807, 2.05) is 0 Å². The average Bonchev–Trinajstić information content (AvgIpc) is 1.77. The van der Waals surface area contributed by atoms with E-state index in [1.54, 1.807) is 0 Å². The van der Waals surface area contributed by atoms with Crippen LogP contribution in [0.5, 0.6) is 0 Å². The number of hydrogen-bond acceptors (Lipinski definition) is 0. The van der Waals surface area contributed by atoms with Gasteiger partial charge in [-0.2, -0.15) is 0 Å². The van der Waals surface area contributed by atoms with Gasteiger partial charge >= 0.3 is 0 Å². The number of hydrogen-bond donors (Lipinski definition) is 0. The Morgan fingerprint density at radius 3 is 2.44 bits per heavy atom. The molecule has 0 heterocycles. The second-order valence-electron chi connectivity index (χ2n) is 2.99. The van der Waals surface area contributed by atoms with Gasteiger partial charge in [0.05, 0.1) is 0 Å². The Kier molecular flexibility index (Phi) is 1.73. The highest BCUT2D eigenvalue weighted by Crippen LogP contribution is 2.33. The SMILES string of the molecule is CC1(F)CCCC[C@@H]1F. The van der Waals surface area contributed by atoms with Gasteiger partial charge in [0, 0.05) is 0 Å². The highest BCUT2D eigenvalue weighted by atomic mass is 19.2. The van der Waals surface area contributed by atoms with Crippen molar-refractivity contribution in [3.63, 3.8) is 0 Å². The normalized spacial score (nSPS) is 45.0. The third-order valence-electron chi connectivity index (χ3n) is 2.03. The lowest BCUT2D eigenvalue weighted by Gasteiger charge is -2.28. The Labute approximate surface area is 54.3 Å². The molecular formula is C7H12F2. The van der Waals surface area contributed by atoms with Gasteiger partial charge in [0.15, 0.2) is 0 Å². The largest absolute Gasteiger partial charge is 0.244 e. The second-order valence-corrected chi connectivity index (χ2v) is 2.99. The van der Waals surface area contributed by atoms with Crippen molar-refractivity contribution in [3.8, 4) is 0 Å². The van der Waals surface area contributed by atoms with Crippen molar-refractivity contribution in [1.29, 1.82) is 0 Å². The molecule has 0 aliphatic heterocycles. The van der Waals surface area contributed by atoms with Gasteiger partial charge in [0.25, 0.3) is 0 Å². The molecule has 1 unspecified atom stereocenters. The van der Waals surface area contributed by atoms with Crippen LogP contribution in [0.25, 0.3) is 0 Å². The predicted molar refractivity (Wildman–Crippen MR) is 32.9 cm³/mol. The van der Waals surface area contributed by atoms with Gasteiger partial charge in [-0.05, 0) is 19.8 Å². The van der Waals surface area contributed by atoms with Crippen molar-refractivity contribution in [2.24, 2.45) is 0 Å². The molecule has 1 saturated carbocycles. The van der Waals surface area contributed by atoms with E-state index in [4.69, 9.17) is 0 Å². The Hall–Kier alpha value is -0.140. The minimum atomic E-state index is -1.53. The Balaban J connectivity index is 2.49. The van der Waals surface area contributed by atoms with E-state index in [-0.39, 0.29) is 0 Å². The molecule has 1 rings (SSSR count). The molecule has 0 nitrogen and oxygen atoms in total. The van der Waals surface area contributed by atoms with Crippen LogP contribution in [0.3, 0.4) is 0 Å². The molecule has 1 aliphatic rings. The van der Waals surface area contributed by atoms with E-state index in [0.717, 1.165) is 12.8 Å². The molecule has 1 fully saturated rings. The first-order chi connectivity index (χ1) is 4.13. The fourth-order valence-electron chi connectivity index (χ4n) is 1.25. The van der Waals surface area contributed by atoms with Crippen LogP contribution >= 0.6 is 0 Å². The molecule has 0 aromatic rings. The molecule has 0 saturated heterocycles. The van der Waals surface area contributed by atoms with Crippen molar-refractivity contribution < 1.29 is 8.78 Å². The number of rotatable bonds is 0. The van der Waals surface area contributed by atoms with E-state index in [0.29, 0.717) is 12.8 Å². The molecule has 54 valence electrons. The molecule has 0 N–H and O–H groups in total. The lowest BCUT2D eigenvalue weighted by molar-refractivity contribution is 0.0288. The van der Waals surface area contributed by atoms with E-state index in [1.165, 1.54) is 6.92 Å². The fraction of sp³-hybridized carbons (Fsp3) is 1.00. The first-order valence-electron chi connectivity index (χ1n) is 3.46. The lowest BCUT2D eigenvalue weighted by atomic mass is 9.86. The standard InChI is InChI=1S/C7H12F2/c1-7(9)5-3-2-4-6(7)8/h6H,2-5H2,1H3/t6-,7?/m0/s1. The Morgan fingerprint density at radius 1 is 1.44 bits per heavy atom. The minimum absolute atomic E-state index is 0.397. The number of alkyl halides is 2. The summed E-state index contributed by atoms with van der Waals surface area (Å²) in [6.45, 7) is 1.36. The number of halogens is 2. The predicted octanol–water partition coefficient (Wildman–Crippen LogP) is 2.63. The summed E-state index contributed by atoms with van der Waals surface area (Å²) in [6, 6.07) is 0. The van der Waals surface area contributed by atoms with Crippen LogP contribution in [0.2, 0.25) is 0 Å². The van der Waals surface area contributed by atoms with Crippen LogP contribution < -0.4 is 0 Å². The first kappa shape index (κ1) is 6.97. The summed E-state index contributed by atoms with van der Waals surface area (Å²) in [4.78, 5) is 0. The van der Waals surface area contributed by atoms with Crippen LogP contribution in [0.1, 0.15) is 32.6 Å². The van der Waals surface area contributed by atoms with Crippen LogP contribution in [0.4, 0.5) is 8.78 Å². The third-order valence-corrected chi connectivity index (χ3v) is 2.03. The summed E-state index contributed by atoms with van der Waals surface area (Å²) in [5.74, 6) is 0. The van der Waals surface area contributed by atoms with E-state index in [2.05, 4.69) is 0 Å². The quantitative estimate of drug-likeness (QED) is 0.477. The third kappa shape index (κ3) is 1.41. The fourth-order valence-corrected chi connectivity index (χ4v) is 1.25. The van der Waals surface area contributed by atoms with Crippen molar-refractivity contribution in [2.75, 3.05) is 0 Å². The highest BCUT2D eigenvalue weighted by Gasteiger charge is 2.36. The monoisotopic (exact) mass is 134 g/mol. The summed E-state index contributed by atoms with van der Waals surface area (Å²) in [5.41, 5.74) is -1.53. The average molecular weight is 134 g/mol. The molecule has 0 amide bonds. The zero-order valence-corrected chi connectivity index (χ0v) is 5.66. The molecule has 0 aromatic carbocycles. The maximum absolute atomic E-state index is 12.9. The maximum atomic E-state index is 12.9. The molecule has 0 radical (unpaired) electrons. The Bertz CT molecular complexity index is 99.1. The Morgan fingerprint density at radius 2 is 2.11 bits per heavy atom. The van der Waals surface area contributed by atoms with Crippen LogP contribution in [0.15, 0.2) is 0 Å². The summed E-state index contributed by atoms with van der Waals surface area (Å²) in [5, 5.41) is 0. The summed E-state index contributed by atoms with van der Waals surface area (Å²) < 4.78 is 25.5. The molecule has 0 aromatic heterocycles. The molecular weight excluding hydrogens is 122 g/mol. The van der Waals surface area contributed by atoms with Crippen molar-refractivity contribution in [1.82, 2.24) is 0 Å². The molecule has 1 aliphatic carbocycles. The molecule has 2 atom stereocenters. The molecule has 2 heteroatoms. The topological polar surface area (TPSA) is 0 Å². The first-order valence-corrected chi connectivity index (χ1v) is 3.46. The van der Waals surface area contributed by atoms with Gasteiger partial charge in [-0.25, -0.2) is 8.78 Å².